The molecule has 0 aliphatic carbocycles. The minimum absolute atomic E-state index is 0.0273. The van der Waals surface area contributed by atoms with E-state index in [0.717, 1.165) is 4.31 Å². The average Bonchev–Trinajstić information content (AvgIpc) is 2.57. The second-order valence-corrected chi connectivity index (χ2v) is 7.72. The molecule has 2 amide bonds. The molecule has 1 aliphatic rings. The molecule has 2 N–H and O–H groups in total. The van der Waals surface area contributed by atoms with Crippen molar-refractivity contribution >= 4 is 33.5 Å². The van der Waals surface area contributed by atoms with Gasteiger partial charge in [0.1, 0.15) is 6.04 Å². The fourth-order valence-corrected chi connectivity index (χ4v) is 4.54. The average molecular weight is 383 g/mol. The Kier molecular flexibility index (Phi) is 5.98. The number of rotatable bonds is 5. The summed E-state index contributed by atoms with van der Waals surface area (Å²) in [5, 5.41) is 5.09. The van der Waals surface area contributed by atoms with Crippen LogP contribution in [0.4, 0.5) is 5.69 Å². The third kappa shape index (κ3) is 4.20. The lowest BCUT2D eigenvalue weighted by molar-refractivity contribution is -0.144. The van der Waals surface area contributed by atoms with Crippen molar-refractivity contribution in [2.24, 2.45) is 0 Å². The van der Waals surface area contributed by atoms with Gasteiger partial charge in [-0.25, -0.2) is 8.42 Å². The Bertz CT molecular complexity index is 836. The molecule has 0 saturated carbocycles. The highest BCUT2D eigenvalue weighted by atomic mass is 32.2. The quantitative estimate of drug-likeness (QED) is 0.691. The monoisotopic (exact) mass is 383 g/mol. The standard InChI is InChI=1S/C16H21N3O6S/c1-10-4-5-12(18-11(2)20)8-14(10)26(23,24)19-7-6-17-16(22)13(19)9-15(21)25-3/h4-5,8,13H,6-7,9H2,1-3H3,(H,17,22)(H,18,20)/t13-/m1/s1. The fraction of sp³-hybridized carbons (Fsp3) is 0.438. The molecule has 0 bridgehead atoms. The van der Waals surface area contributed by atoms with E-state index in [4.69, 9.17) is 0 Å². The van der Waals surface area contributed by atoms with E-state index in [2.05, 4.69) is 15.4 Å². The maximum Gasteiger partial charge on any atom is 0.307 e. The molecule has 1 aliphatic heterocycles. The summed E-state index contributed by atoms with van der Waals surface area (Å²) in [6.45, 7) is 3.10. The van der Waals surface area contributed by atoms with Crippen molar-refractivity contribution in [3.63, 3.8) is 0 Å². The van der Waals surface area contributed by atoms with Crippen LogP contribution in [0.3, 0.4) is 0 Å². The second-order valence-electron chi connectivity index (χ2n) is 5.86. The summed E-state index contributed by atoms with van der Waals surface area (Å²) in [5.74, 6) is -1.57. The minimum atomic E-state index is -4.07. The van der Waals surface area contributed by atoms with Gasteiger partial charge in [0.25, 0.3) is 0 Å². The summed E-state index contributed by atoms with van der Waals surface area (Å²) in [4.78, 5) is 35.0. The summed E-state index contributed by atoms with van der Waals surface area (Å²) in [6, 6.07) is 3.31. The van der Waals surface area contributed by atoms with Crippen LogP contribution in [0.25, 0.3) is 0 Å². The SMILES string of the molecule is COC(=O)C[C@@H]1C(=O)NCCN1S(=O)(=O)c1cc(NC(C)=O)ccc1C. The molecule has 10 heteroatoms. The van der Waals surface area contributed by atoms with Crippen LogP contribution in [-0.2, 0) is 29.1 Å². The Balaban J connectivity index is 2.45. The van der Waals surface area contributed by atoms with Gasteiger partial charge in [0, 0.05) is 25.7 Å². The smallest absolute Gasteiger partial charge is 0.307 e. The molecule has 1 atom stereocenters. The first-order chi connectivity index (χ1) is 12.2. The molecule has 26 heavy (non-hydrogen) atoms. The lowest BCUT2D eigenvalue weighted by Gasteiger charge is -2.33. The summed E-state index contributed by atoms with van der Waals surface area (Å²) in [7, 11) is -2.90. The number of esters is 1. The number of anilines is 1. The third-order valence-electron chi connectivity index (χ3n) is 3.96. The third-order valence-corrected chi connectivity index (χ3v) is 6.01. The lowest BCUT2D eigenvalue weighted by atomic mass is 10.1. The number of amides is 2. The maximum atomic E-state index is 13.2. The van der Waals surface area contributed by atoms with E-state index in [-0.39, 0.29) is 30.3 Å². The van der Waals surface area contributed by atoms with Gasteiger partial charge in [0.05, 0.1) is 18.4 Å². The number of hydrogen-bond donors (Lipinski definition) is 2. The molecular formula is C16H21N3O6S. The molecule has 2 rings (SSSR count). The van der Waals surface area contributed by atoms with E-state index in [1.165, 1.54) is 20.1 Å². The van der Waals surface area contributed by atoms with Crippen LogP contribution in [0.2, 0.25) is 0 Å². The van der Waals surface area contributed by atoms with Gasteiger partial charge in [0.15, 0.2) is 0 Å². The molecule has 1 saturated heterocycles. The number of carbonyl (C=O) groups excluding carboxylic acids is 3. The number of benzene rings is 1. The number of sulfonamides is 1. The van der Waals surface area contributed by atoms with Gasteiger partial charge in [-0.3, -0.25) is 14.4 Å². The molecule has 9 nitrogen and oxygen atoms in total. The zero-order valence-corrected chi connectivity index (χ0v) is 15.6. The molecular weight excluding hydrogens is 362 g/mol. The second kappa shape index (κ2) is 7.83. The molecule has 1 fully saturated rings. The van der Waals surface area contributed by atoms with Crippen molar-refractivity contribution in [1.29, 1.82) is 0 Å². The molecule has 142 valence electrons. The normalized spacial score (nSPS) is 18.1. The van der Waals surface area contributed by atoms with Crippen LogP contribution >= 0.6 is 0 Å². The number of carbonyl (C=O) groups is 3. The number of nitrogens with one attached hydrogen (secondary N) is 2. The van der Waals surface area contributed by atoms with Crippen molar-refractivity contribution in [3.8, 4) is 0 Å². The Hall–Kier alpha value is -2.46. The van der Waals surface area contributed by atoms with Crippen LogP contribution in [0.15, 0.2) is 23.1 Å². The van der Waals surface area contributed by atoms with E-state index in [1.807, 2.05) is 0 Å². The Morgan fingerprint density at radius 2 is 2.08 bits per heavy atom. The first-order valence-electron chi connectivity index (χ1n) is 7.91. The first kappa shape index (κ1) is 19.9. The van der Waals surface area contributed by atoms with Gasteiger partial charge < -0.3 is 15.4 Å². The van der Waals surface area contributed by atoms with Crippen LogP contribution in [0.1, 0.15) is 18.9 Å². The van der Waals surface area contributed by atoms with Crippen LogP contribution in [0.5, 0.6) is 0 Å². The lowest BCUT2D eigenvalue weighted by Crippen LogP contribution is -2.57. The van der Waals surface area contributed by atoms with Gasteiger partial charge >= 0.3 is 5.97 Å². The number of piperazine rings is 1. The first-order valence-corrected chi connectivity index (χ1v) is 9.35. The summed E-state index contributed by atoms with van der Waals surface area (Å²) in [6.07, 6.45) is -0.383. The molecule has 1 aromatic carbocycles. The highest BCUT2D eigenvalue weighted by molar-refractivity contribution is 7.89. The van der Waals surface area contributed by atoms with Gasteiger partial charge in [-0.05, 0) is 24.6 Å². The summed E-state index contributed by atoms with van der Waals surface area (Å²) >= 11 is 0. The van der Waals surface area contributed by atoms with Gasteiger partial charge in [0.2, 0.25) is 21.8 Å². The zero-order valence-electron chi connectivity index (χ0n) is 14.7. The summed E-state index contributed by atoms with van der Waals surface area (Å²) in [5.41, 5.74) is 0.787. The van der Waals surface area contributed by atoms with Crippen LogP contribution < -0.4 is 10.6 Å². The largest absolute Gasteiger partial charge is 0.469 e. The Morgan fingerprint density at radius 3 is 2.69 bits per heavy atom. The van der Waals surface area contributed by atoms with Gasteiger partial charge in [-0.2, -0.15) is 4.31 Å². The van der Waals surface area contributed by atoms with Crippen molar-refractivity contribution in [3.05, 3.63) is 23.8 Å². The predicted octanol–water partition coefficient (Wildman–Crippen LogP) is 0.00562. The van der Waals surface area contributed by atoms with Crippen LogP contribution in [-0.4, -0.2) is 56.7 Å². The topological polar surface area (TPSA) is 122 Å². The van der Waals surface area contributed by atoms with Gasteiger partial charge in [-0.1, -0.05) is 6.07 Å². The van der Waals surface area contributed by atoms with Crippen molar-refractivity contribution in [1.82, 2.24) is 9.62 Å². The van der Waals surface area contributed by atoms with E-state index >= 15 is 0 Å². The molecule has 0 spiro atoms. The van der Waals surface area contributed by atoms with Crippen molar-refractivity contribution in [2.45, 2.75) is 31.2 Å². The zero-order chi connectivity index (χ0) is 19.5. The van der Waals surface area contributed by atoms with Crippen LogP contribution in [0, 0.1) is 6.92 Å². The van der Waals surface area contributed by atoms with Crippen molar-refractivity contribution in [2.75, 3.05) is 25.5 Å². The minimum Gasteiger partial charge on any atom is -0.469 e. The highest BCUT2D eigenvalue weighted by Gasteiger charge is 2.40. The Morgan fingerprint density at radius 1 is 1.38 bits per heavy atom. The molecule has 1 aromatic rings. The number of methoxy groups -OCH3 is 1. The number of nitrogens with zero attached hydrogens (tertiary/aromatic N) is 1. The molecule has 0 radical (unpaired) electrons. The molecule has 0 aromatic heterocycles. The Labute approximate surface area is 151 Å². The number of hydrogen-bond acceptors (Lipinski definition) is 6. The summed E-state index contributed by atoms with van der Waals surface area (Å²) < 4.78 is 31.9. The van der Waals surface area contributed by atoms with E-state index < -0.39 is 27.9 Å². The number of aryl methyl sites for hydroxylation is 1. The van der Waals surface area contributed by atoms with Crippen molar-refractivity contribution < 1.29 is 27.5 Å². The molecule has 0 unspecified atom stereocenters. The predicted molar refractivity (Wildman–Crippen MR) is 92.8 cm³/mol. The van der Waals surface area contributed by atoms with E-state index in [0.29, 0.717) is 11.3 Å². The van der Waals surface area contributed by atoms with E-state index in [9.17, 15) is 22.8 Å². The number of ether oxygens (including phenoxy) is 1. The van der Waals surface area contributed by atoms with E-state index in [1.54, 1.807) is 19.1 Å². The molecule has 1 heterocycles. The fourth-order valence-electron chi connectivity index (χ4n) is 2.70. The van der Waals surface area contributed by atoms with Gasteiger partial charge in [-0.15, -0.1) is 0 Å². The highest BCUT2D eigenvalue weighted by Crippen LogP contribution is 2.27. The maximum absolute atomic E-state index is 13.2.